The van der Waals surface area contributed by atoms with Crippen molar-refractivity contribution in [1.29, 1.82) is 0 Å². The lowest BCUT2D eigenvalue weighted by Gasteiger charge is -2.27. The Morgan fingerprint density at radius 1 is 1.20 bits per heavy atom. The molecule has 1 amide bonds. The van der Waals surface area contributed by atoms with E-state index in [9.17, 15) is 4.79 Å². The normalized spacial score (nSPS) is 22.4. The van der Waals surface area contributed by atoms with E-state index in [4.69, 9.17) is 11.6 Å². The fourth-order valence-corrected chi connectivity index (χ4v) is 3.98. The van der Waals surface area contributed by atoms with Gasteiger partial charge in [0.2, 0.25) is 0 Å². The van der Waals surface area contributed by atoms with Crippen molar-refractivity contribution in [2.24, 2.45) is 0 Å². The summed E-state index contributed by atoms with van der Waals surface area (Å²) in [6, 6.07) is 8.14. The Morgan fingerprint density at radius 2 is 1.92 bits per heavy atom. The molecule has 5 nitrogen and oxygen atoms in total. The number of aryl methyl sites for hydroxylation is 1. The van der Waals surface area contributed by atoms with Crippen molar-refractivity contribution in [3.8, 4) is 5.69 Å². The Morgan fingerprint density at radius 3 is 2.68 bits per heavy atom. The molecule has 2 saturated heterocycles. The van der Waals surface area contributed by atoms with E-state index in [2.05, 4.69) is 15.3 Å². The lowest BCUT2D eigenvalue weighted by atomic mass is 10.1. The van der Waals surface area contributed by atoms with Crippen LogP contribution in [0.4, 0.5) is 0 Å². The molecular formula is C18H22Cl2N4O. The molecule has 0 aliphatic carbocycles. The zero-order chi connectivity index (χ0) is 16.7. The van der Waals surface area contributed by atoms with Crippen molar-refractivity contribution < 1.29 is 4.79 Å². The Bertz CT molecular complexity index is 745. The summed E-state index contributed by atoms with van der Waals surface area (Å²) in [6.07, 6.45) is 5.08. The topological polar surface area (TPSA) is 50.2 Å². The Kier molecular flexibility index (Phi) is 5.37. The Balaban J connectivity index is 0.00000182. The summed E-state index contributed by atoms with van der Waals surface area (Å²) in [7, 11) is 0. The van der Waals surface area contributed by atoms with E-state index >= 15 is 0 Å². The molecule has 134 valence electrons. The maximum absolute atomic E-state index is 13.2. The Labute approximate surface area is 158 Å². The summed E-state index contributed by atoms with van der Waals surface area (Å²) >= 11 is 5.95. The molecular weight excluding hydrogens is 359 g/mol. The number of fused-ring (bicyclic) bond motifs is 2. The highest BCUT2D eigenvalue weighted by Gasteiger charge is 2.39. The molecule has 2 atom stereocenters. The van der Waals surface area contributed by atoms with Crippen LogP contribution in [0.25, 0.3) is 5.69 Å². The lowest BCUT2D eigenvalue weighted by molar-refractivity contribution is 0.0679. The smallest absolute Gasteiger partial charge is 0.257 e. The molecule has 2 bridgehead atoms. The highest BCUT2D eigenvalue weighted by atomic mass is 35.5. The van der Waals surface area contributed by atoms with Crippen LogP contribution in [0.3, 0.4) is 0 Å². The summed E-state index contributed by atoms with van der Waals surface area (Å²) in [5.41, 5.74) is 2.37. The standard InChI is InChI=1S/C18H21ClN4O.ClH/c1-12-17(11-22(21-12)14-4-2-13(19)3-5-14)18(24)23-15-6-7-16(23)10-20-9-8-15;/h2-5,11,15-16,20H,6-10H2,1H3;1H. The number of carbonyl (C=O) groups is 1. The first-order valence-corrected chi connectivity index (χ1v) is 8.87. The molecule has 1 aromatic carbocycles. The Hall–Kier alpha value is -1.56. The zero-order valence-electron chi connectivity index (χ0n) is 14.1. The SMILES string of the molecule is Cc1nn(-c2ccc(Cl)cc2)cc1C(=O)N1C2CCNCC1CC2.Cl. The van der Waals surface area contributed by atoms with Gasteiger partial charge in [-0.15, -0.1) is 12.4 Å². The van der Waals surface area contributed by atoms with Crippen LogP contribution in [-0.2, 0) is 0 Å². The number of hydrogen-bond acceptors (Lipinski definition) is 3. The lowest BCUT2D eigenvalue weighted by Crippen LogP contribution is -2.42. The minimum absolute atomic E-state index is 0. The van der Waals surface area contributed by atoms with Crippen LogP contribution < -0.4 is 5.32 Å². The van der Waals surface area contributed by atoms with E-state index in [1.807, 2.05) is 37.4 Å². The van der Waals surface area contributed by atoms with Crippen LogP contribution in [0.15, 0.2) is 30.5 Å². The van der Waals surface area contributed by atoms with Gasteiger partial charge in [0.25, 0.3) is 5.91 Å². The maximum Gasteiger partial charge on any atom is 0.257 e. The van der Waals surface area contributed by atoms with Crippen LogP contribution in [-0.4, -0.2) is 45.8 Å². The van der Waals surface area contributed by atoms with Gasteiger partial charge in [-0.2, -0.15) is 5.10 Å². The number of nitrogens with one attached hydrogen (secondary N) is 1. The third-order valence-corrected chi connectivity index (χ3v) is 5.36. The number of hydrogen-bond donors (Lipinski definition) is 1. The molecule has 25 heavy (non-hydrogen) atoms. The molecule has 0 saturated carbocycles. The summed E-state index contributed by atoms with van der Waals surface area (Å²) in [5, 5.41) is 8.66. The first-order chi connectivity index (χ1) is 11.6. The first-order valence-electron chi connectivity index (χ1n) is 8.49. The summed E-state index contributed by atoms with van der Waals surface area (Å²) in [5.74, 6) is 0.115. The molecule has 3 heterocycles. The number of carbonyl (C=O) groups excluding carboxylic acids is 1. The van der Waals surface area contributed by atoms with Gasteiger partial charge in [0, 0.05) is 29.8 Å². The number of halogens is 2. The zero-order valence-corrected chi connectivity index (χ0v) is 15.7. The molecule has 2 unspecified atom stereocenters. The van der Waals surface area contributed by atoms with E-state index in [0.717, 1.165) is 43.7 Å². The van der Waals surface area contributed by atoms with Crippen molar-refractivity contribution in [2.75, 3.05) is 13.1 Å². The minimum Gasteiger partial charge on any atom is -0.331 e. The number of amides is 1. The molecule has 2 fully saturated rings. The highest BCUT2D eigenvalue weighted by molar-refractivity contribution is 6.30. The van der Waals surface area contributed by atoms with Crippen molar-refractivity contribution in [3.63, 3.8) is 0 Å². The van der Waals surface area contributed by atoms with Crippen molar-refractivity contribution in [1.82, 2.24) is 20.0 Å². The van der Waals surface area contributed by atoms with Gasteiger partial charge in [0.15, 0.2) is 0 Å². The summed E-state index contributed by atoms with van der Waals surface area (Å²) in [4.78, 5) is 15.3. The van der Waals surface area contributed by atoms with Gasteiger partial charge in [-0.25, -0.2) is 4.68 Å². The van der Waals surface area contributed by atoms with E-state index in [1.165, 1.54) is 0 Å². The third kappa shape index (κ3) is 3.41. The molecule has 2 aliphatic rings. The monoisotopic (exact) mass is 380 g/mol. The molecule has 1 N–H and O–H groups in total. The number of benzene rings is 1. The van der Waals surface area contributed by atoms with Gasteiger partial charge >= 0.3 is 0 Å². The van der Waals surface area contributed by atoms with E-state index in [1.54, 1.807) is 4.68 Å². The number of rotatable bonds is 2. The third-order valence-electron chi connectivity index (χ3n) is 5.11. The van der Waals surface area contributed by atoms with Gasteiger partial charge in [-0.1, -0.05) is 11.6 Å². The first kappa shape index (κ1) is 18.2. The molecule has 4 rings (SSSR count). The van der Waals surface area contributed by atoms with E-state index in [-0.39, 0.29) is 18.3 Å². The minimum atomic E-state index is 0. The van der Waals surface area contributed by atoms with Crippen molar-refractivity contribution in [2.45, 2.75) is 38.3 Å². The summed E-state index contributed by atoms with van der Waals surface area (Å²) in [6.45, 7) is 3.79. The average Bonchev–Trinajstić information content (AvgIpc) is 3.06. The number of aromatic nitrogens is 2. The van der Waals surface area contributed by atoms with Crippen LogP contribution in [0.5, 0.6) is 0 Å². The van der Waals surface area contributed by atoms with Crippen molar-refractivity contribution in [3.05, 3.63) is 46.7 Å². The predicted molar refractivity (Wildman–Crippen MR) is 101 cm³/mol. The van der Waals surface area contributed by atoms with Gasteiger partial charge in [-0.3, -0.25) is 4.79 Å². The van der Waals surface area contributed by atoms with Crippen LogP contribution in [0, 0.1) is 6.92 Å². The molecule has 2 aromatic rings. The second kappa shape index (κ2) is 7.36. The predicted octanol–water partition coefficient (Wildman–Crippen LogP) is 3.22. The molecule has 1 aromatic heterocycles. The van der Waals surface area contributed by atoms with Crippen molar-refractivity contribution >= 4 is 29.9 Å². The average molecular weight is 381 g/mol. The largest absolute Gasteiger partial charge is 0.331 e. The highest BCUT2D eigenvalue weighted by Crippen LogP contribution is 2.30. The molecule has 0 spiro atoms. The molecule has 0 radical (unpaired) electrons. The fraction of sp³-hybridized carbons (Fsp3) is 0.444. The van der Waals surface area contributed by atoms with Gasteiger partial charge in [-0.05, 0) is 57.0 Å². The van der Waals surface area contributed by atoms with Gasteiger partial charge in [0.05, 0.1) is 16.9 Å². The number of nitrogens with zero attached hydrogens (tertiary/aromatic N) is 3. The van der Waals surface area contributed by atoms with Gasteiger partial charge in [0.1, 0.15) is 0 Å². The second-order valence-corrected chi connectivity index (χ2v) is 7.08. The second-order valence-electron chi connectivity index (χ2n) is 6.64. The van der Waals surface area contributed by atoms with E-state index < -0.39 is 0 Å². The maximum atomic E-state index is 13.2. The van der Waals surface area contributed by atoms with Crippen LogP contribution in [0.1, 0.15) is 35.3 Å². The molecule has 7 heteroatoms. The van der Waals surface area contributed by atoms with Gasteiger partial charge < -0.3 is 10.2 Å². The quantitative estimate of drug-likeness (QED) is 0.869. The molecule has 2 aliphatic heterocycles. The fourth-order valence-electron chi connectivity index (χ4n) is 3.85. The van der Waals surface area contributed by atoms with Crippen LogP contribution in [0.2, 0.25) is 5.02 Å². The van der Waals surface area contributed by atoms with E-state index in [0.29, 0.717) is 22.7 Å². The van der Waals surface area contributed by atoms with Crippen LogP contribution >= 0.6 is 24.0 Å². The summed E-state index contributed by atoms with van der Waals surface area (Å²) < 4.78 is 1.76.